The van der Waals surface area contributed by atoms with Gasteiger partial charge in [-0.15, -0.1) is 0 Å². The number of amides is 2. The molecular formula is C17H26N4O3. The topological polar surface area (TPSA) is 67.7 Å². The van der Waals surface area contributed by atoms with Gasteiger partial charge in [0.25, 0.3) is 0 Å². The van der Waals surface area contributed by atoms with Crippen molar-refractivity contribution in [1.82, 2.24) is 19.4 Å². The minimum absolute atomic E-state index is 0.0376. The van der Waals surface area contributed by atoms with Gasteiger partial charge in [-0.25, -0.2) is 4.98 Å². The lowest BCUT2D eigenvalue weighted by atomic mass is 9.92. The summed E-state index contributed by atoms with van der Waals surface area (Å²) in [6.07, 6.45) is 3.99. The minimum Gasteiger partial charge on any atom is -0.364 e. The molecule has 7 nitrogen and oxygen atoms in total. The van der Waals surface area contributed by atoms with E-state index in [1.807, 2.05) is 27.6 Å². The van der Waals surface area contributed by atoms with E-state index in [1.54, 1.807) is 6.20 Å². The number of carbonyl (C=O) groups excluding carboxylic acids is 2. The third-order valence-corrected chi connectivity index (χ3v) is 4.65. The maximum atomic E-state index is 12.5. The zero-order chi connectivity index (χ0) is 17.5. The lowest BCUT2D eigenvalue weighted by Gasteiger charge is -2.36. The number of hydrogen-bond acceptors (Lipinski definition) is 4. The second-order valence-corrected chi connectivity index (χ2v) is 7.93. The van der Waals surface area contributed by atoms with Gasteiger partial charge in [0, 0.05) is 39.0 Å². The number of ether oxygens (including phenoxy) is 1. The minimum atomic E-state index is -0.105. The lowest BCUT2D eigenvalue weighted by Crippen LogP contribution is -2.53. The second kappa shape index (κ2) is 6.20. The molecule has 2 amide bonds. The average molecular weight is 334 g/mol. The van der Waals surface area contributed by atoms with Crippen molar-refractivity contribution in [3.63, 3.8) is 0 Å². The van der Waals surface area contributed by atoms with Gasteiger partial charge in [-0.1, -0.05) is 20.8 Å². The Morgan fingerprint density at radius 3 is 2.75 bits per heavy atom. The Morgan fingerprint density at radius 1 is 1.38 bits per heavy atom. The summed E-state index contributed by atoms with van der Waals surface area (Å²) in [6, 6.07) is -0.0909. The molecule has 1 aromatic heterocycles. The number of carbonyl (C=O) groups is 2. The molecule has 2 aliphatic rings. The van der Waals surface area contributed by atoms with Crippen LogP contribution in [0.15, 0.2) is 12.4 Å². The Morgan fingerprint density at radius 2 is 2.12 bits per heavy atom. The van der Waals surface area contributed by atoms with E-state index in [2.05, 4.69) is 25.8 Å². The summed E-state index contributed by atoms with van der Waals surface area (Å²) < 4.78 is 7.60. The lowest BCUT2D eigenvalue weighted by molar-refractivity contribution is -0.154. The number of aryl methyl sites for hydroxylation is 1. The van der Waals surface area contributed by atoms with Crippen LogP contribution >= 0.6 is 0 Å². The Hall–Kier alpha value is -1.89. The van der Waals surface area contributed by atoms with Gasteiger partial charge in [0.15, 0.2) is 0 Å². The first kappa shape index (κ1) is 17.0. The smallest absolute Gasteiger partial charge is 0.249 e. The summed E-state index contributed by atoms with van der Waals surface area (Å²) in [4.78, 5) is 32.8. The molecule has 0 aromatic carbocycles. The fourth-order valence-corrected chi connectivity index (χ4v) is 3.34. The highest BCUT2D eigenvalue weighted by atomic mass is 16.5. The van der Waals surface area contributed by atoms with Gasteiger partial charge < -0.3 is 19.1 Å². The highest BCUT2D eigenvalue weighted by Gasteiger charge is 2.45. The molecule has 0 saturated carbocycles. The Bertz CT molecular complexity index is 634. The average Bonchev–Trinajstić information content (AvgIpc) is 3.07. The molecule has 0 bridgehead atoms. The van der Waals surface area contributed by atoms with Crippen LogP contribution in [0.1, 0.15) is 33.0 Å². The van der Waals surface area contributed by atoms with Crippen molar-refractivity contribution in [2.24, 2.45) is 12.5 Å². The number of aromatic nitrogens is 2. The molecule has 132 valence electrons. The maximum absolute atomic E-state index is 12.5. The molecule has 7 heteroatoms. The number of morpholine rings is 1. The van der Waals surface area contributed by atoms with Gasteiger partial charge in [-0.05, 0) is 5.41 Å². The first-order chi connectivity index (χ1) is 11.2. The largest absolute Gasteiger partial charge is 0.364 e. The van der Waals surface area contributed by atoms with Crippen LogP contribution in [0.5, 0.6) is 0 Å². The van der Waals surface area contributed by atoms with Crippen LogP contribution in [0.2, 0.25) is 0 Å². The Labute approximate surface area is 142 Å². The predicted octanol–water partition coefficient (Wildman–Crippen LogP) is 0.794. The molecule has 3 rings (SSSR count). The van der Waals surface area contributed by atoms with Gasteiger partial charge in [0.05, 0.1) is 18.7 Å². The van der Waals surface area contributed by atoms with Crippen LogP contribution in [0.25, 0.3) is 0 Å². The van der Waals surface area contributed by atoms with Gasteiger partial charge in [0.1, 0.15) is 12.4 Å². The number of nitrogens with zero attached hydrogens (tertiary/aromatic N) is 4. The SMILES string of the molecule is Cn1ccnc1CN1C(=O)COC2CN(C(=O)CC(C)(C)C)CC21. The molecule has 0 spiro atoms. The third kappa shape index (κ3) is 3.45. The summed E-state index contributed by atoms with van der Waals surface area (Å²) in [7, 11) is 1.92. The van der Waals surface area contributed by atoms with E-state index < -0.39 is 0 Å². The maximum Gasteiger partial charge on any atom is 0.249 e. The second-order valence-electron chi connectivity index (χ2n) is 7.93. The number of likely N-dealkylation sites (tertiary alicyclic amines) is 1. The van der Waals surface area contributed by atoms with Crippen LogP contribution < -0.4 is 0 Å². The van der Waals surface area contributed by atoms with Crippen molar-refractivity contribution >= 4 is 11.8 Å². The molecule has 2 saturated heterocycles. The molecule has 0 N–H and O–H groups in total. The molecule has 3 heterocycles. The number of rotatable bonds is 3. The summed E-state index contributed by atoms with van der Waals surface area (Å²) in [5.41, 5.74) is -0.0475. The molecule has 2 fully saturated rings. The number of hydrogen-bond donors (Lipinski definition) is 0. The Balaban J connectivity index is 1.72. The standard InChI is InChI=1S/C17H26N4O3/c1-17(2,3)7-15(22)20-8-12-13(9-20)24-11-16(23)21(12)10-14-18-5-6-19(14)4/h5-6,12-13H,7-11H2,1-4H3. The quantitative estimate of drug-likeness (QED) is 0.820. The zero-order valence-corrected chi connectivity index (χ0v) is 14.9. The van der Waals surface area contributed by atoms with Gasteiger partial charge in [-0.3, -0.25) is 9.59 Å². The molecule has 24 heavy (non-hydrogen) atoms. The zero-order valence-electron chi connectivity index (χ0n) is 14.9. The summed E-state index contributed by atoms with van der Waals surface area (Å²) in [5, 5.41) is 0. The van der Waals surface area contributed by atoms with E-state index in [0.29, 0.717) is 26.1 Å². The van der Waals surface area contributed by atoms with Gasteiger partial charge >= 0.3 is 0 Å². The monoisotopic (exact) mass is 334 g/mol. The number of fused-ring (bicyclic) bond motifs is 1. The first-order valence-corrected chi connectivity index (χ1v) is 8.39. The van der Waals surface area contributed by atoms with Crippen molar-refractivity contribution in [2.75, 3.05) is 19.7 Å². The Kier molecular flexibility index (Phi) is 4.38. The van der Waals surface area contributed by atoms with Crippen LogP contribution in [0, 0.1) is 5.41 Å². The van der Waals surface area contributed by atoms with E-state index in [1.165, 1.54) is 0 Å². The highest BCUT2D eigenvalue weighted by molar-refractivity contribution is 5.80. The molecule has 0 aliphatic carbocycles. The first-order valence-electron chi connectivity index (χ1n) is 8.39. The van der Waals surface area contributed by atoms with E-state index >= 15 is 0 Å². The fourth-order valence-electron chi connectivity index (χ4n) is 3.34. The third-order valence-electron chi connectivity index (χ3n) is 4.65. The van der Waals surface area contributed by atoms with Crippen molar-refractivity contribution in [3.8, 4) is 0 Å². The summed E-state index contributed by atoms with van der Waals surface area (Å²) >= 11 is 0. The molecule has 1 aromatic rings. The van der Waals surface area contributed by atoms with Crippen LogP contribution in [-0.4, -0.2) is 63.0 Å². The van der Waals surface area contributed by atoms with Crippen molar-refractivity contribution < 1.29 is 14.3 Å². The summed E-state index contributed by atoms with van der Waals surface area (Å²) in [5.74, 6) is 0.928. The molecule has 2 atom stereocenters. The predicted molar refractivity (Wildman–Crippen MR) is 87.9 cm³/mol. The summed E-state index contributed by atoms with van der Waals surface area (Å²) in [6.45, 7) is 7.80. The van der Waals surface area contributed by atoms with E-state index in [-0.39, 0.29) is 36.0 Å². The van der Waals surface area contributed by atoms with Crippen molar-refractivity contribution in [3.05, 3.63) is 18.2 Å². The van der Waals surface area contributed by atoms with Crippen LogP contribution in [0.4, 0.5) is 0 Å². The number of imidazole rings is 1. The van der Waals surface area contributed by atoms with Crippen molar-refractivity contribution in [1.29, 1.82) is 0 Å². The molecule has 0 radical (unpaired) electrons. The van der Waals surface area contributed by atoms with E-state index in [4.69, 9.17) is 4.74 Å². The molecule has 2 unspecified atom stereocenters. The molecular weight excluding hydrogens is 308 g/mol. The fraction of sp³-hybridized carbons (Fsp3) is 0.706. The van der Waals surface area contributed by atoms with E-state index in [9.17, 15) is 9.59 Å². The van der Waals surface area contributed by atoms with Gasteiger partial charge in [0.2, 0.25) is 11.8 Å². The normalized spacial score (nSPS) is 24.4. The van der Waals surface area contributed by atoms with Crippen LogP contribution in [0.3, 0.4) is 0 Å². The van der Waals surface area contributed by atoms with Crippen LogP contribution in [-0.2, 0) is 27.9 Å². The van der Waals surface area contributed by atoms with E-state index in [0.717, 1.165) is 5.82 Å². The van der Waals surface area contributed by atoms with Gasteiger partial charge in [-0.2, -0.15) is 0 Å². The highest BCUT2D eigenvalue weighted by Crippen LogP contribution is 2.27. The molecule has 2 aliphatic heterocycles. The van der Waals surface area contributed by atoms with Crippen molar-refractivity contribution in [2.45, 2.75) is 45.9 Å².